The smallest absolute Gasteiger partial charge is 0.262 e. The van der Waals surface area contributed by atoms with Crippen LogP contribution >= 0.6 is 11.3 Å². The Morgan fingerprint density at radius 3 is 2.37 bits per heavy atom. The van der Waals surface area contributed by atoms with Gasteiger partial charge in [0, 0.05) is 35.8 Å². The number of aromatic amines is 1. The number of carbonyl (C=O) groups is 3. The summed E-state index contributed by atoms with van der Waals surface area (Å²) in [4.78, 5) is 41.3. The van der Waals surface area contributed by atoms with Crippen LogP contribution < -0.4 is 10.6 Å². The Bertz CT molecular complexity index is 1620. The minimum atomic E-state index is -3.43. The summed E-state index contributed by atoms with van der Waals surface area (Å²) in [7, 11) is -3.43. The molecule has 10 heteroatoms. The van der Waals surface area contributed by atoms with E-state index in [-0.39, 0.29) is 20.8 Å². The number of rotatable bonds is 14. The van der Waals surface area contributed by atoms with Gasteiger partial charge >= 0.3 is 0 Å². The lowest BCUT2D eigenvalue weighted by Crippen LogP contribution is -2.47. The van der Waals surface area contributed by atoms with E-state index in [4.69, 9.17) is 0 Å². The van der Waals surface area contributed by atoms with Crippen molar-refractivity contribution in [1.29, 1.82) is 0 Å². The number of amides is 2. The summed E-state index contributed by atoms with van der Waals surface area (Å²) in [5.41, 5.74) is 4.19. The number of benzene rings is 2. The molecule has 0 aliphatic carbocycles. The third-order valence-corrected chi connectivity index (χ3v) is 9.77. The van der Waals surface area contributed by atoms with Crippen LogP contribution in [0.3, 0.4) is 0 Å². The third kappa shape index (κ3) is 8.14. The molecule has 0 fully saturated rings. The van der Waals surface area contributed by atoms with E-state index in [1.165, 1.54) is 12.1 Å². The second-order valence-electron chi connectivity index (χ2n) is 10.1. The van der Waals surface area contributed by atoms with Crippen LogP contribution in [0.4, 0.5) is 0 Å². The van der Waals surface area contributed by atoms with Crippen LogP contribution in [0.25, 0.3) is 22.2 Å². The average molecular weight is 594 g/mol. The molecule has 0 unspecified atom stereocenters. The molecule has 0 spiro atoms. The fourth-order valence-electron chi connectivity index (χ4n) is 4.78. The van der Waals surface area contributed by atoms with Crippen molar-refractivity contribution in [3.8, 4) is 11.3 Å². The Morgan fingerprint density at radius 2 is 1.66 bits per heavy atom. The molecule has 0 aliphatic rings. The van der Waals surface area contributed by atoms with Crippen LogP contribution in [0.1, 0.15) is 54.3 Å². The van der Waals surface area contributed by atoms with E-state index in [9.17, 15) is 22.8 Å². The standard InChI is InChI=1S/C31H35N3O5S2/c1-21(35)11-5-3-8-16-26(34-31(37)27-17-18-28(40-27)41(2,38)39)30(36)32-20-19-24-23-14-9-10-15-25(23)33-29(24)22-12-6-4-7-13-22/h4,6-7,9-10,12-15,17-18,26,33H,3,5,8,11,16,19-20H2,1-2H3,(H,32,36)(H,34,37)/t26-/m0/s1. The summed E-state index contributed by atoms with van der Waals surface area (Å²) in [6.45, 7) is 1.92. The lowest BCUT2D eigenvalue weighted by atomic mass is 10.0. The van der Waals surface area contributed by atoms with Gasteiger partial charge in [0.2, 0.25) is 5.91 Å². The molecule has 0 saturated carbocycles. The number of sulfone groups is 1. The number of hydrogen-bond donors (Lipinski definition) is 3. The zero-order valence-electron chi connectivity index (χ0n) is 23.2. The van der Waals surface area contributed by atoms with Gasteiger partial charge in [-0.05, 0) is 55.5 Å². The molecule has 2 amide bonds. The third-order valence-electron chi connectivity index (χ3n) is 6.86. The van der Waals surface area contributed by atoms with E-state index in [1.54, 1.807) is 6.92 Å². The Kier molecular flexibility index (Phi) is 10.1. The van der Waals surface area contributed by atoms with Gasteiger partial charge in [-0.3, -0.25) is 9.59 Å². The molecule has 0 saturated heterocycles. The molecular formula is C31H35N3O5S2. The second-order valence-corrected chi connectivity index (χ2v) is 13.5. The number of ketones is 1. The molecule has 0 radical (unpaired) electrons. The summed E-state index contributed by atoms with van der Waals surface area (Å²) in [5, 5.41) is 6.89. The molecule has 2 aromatic heterocycles. The highest BCUT2D eigenvalue weighted by Crippen LogP contribution is 2.30. The first-order chi connectivity index (χ1) is 19.6. The first-order valence-corrected chi connectivity index (χ1v) is 16.4. The Hall–Kier alpha value is -3.76. The van der Waals surface area contributed by atoms with Gasteiger partial charge in [-0.1, -0.05) is 61.4 Å². The number of fused-ring (bicyclic) bond motifs is 1. The number of unbranched alkanes of at least 4 members (excludes halogenated alkanes) is 2. The quantitative estimate of drug-likeness (QED) is 0.171. The van der Waals surface area contributed by atoms with Crippen molar-refractivity contribution in [3.05, 3.63) is 77.2 Å². The van der Waals surface area contributed by atoms with E-state index in [0.29, 0.717) is 32.2 Å². The SMILES string of the molecule is CC(=O)CCCCC[C@H](NC(=O)c1ccc(S(C)(=O)=O)s1)C(=O)NCCc1c(-c2ccccc2)[nH]c2ccccc12. The average Bonchev–Trinajstić information content (AvgIpc) is 3.59. The first-order valence-electron chi connectivity index (χ1n) is 13.7. The minimum absolute atomic E-state index is 0.0980. The van der Waals surface area contributed by atoms with Crippen molar-refractivity contribution in [2.45, 2.75) is 55.7 Å². The van der Waals surface area contributed by atoms with E-state index in [0.717, 1.165) is 58.2 Å². The molecule has 2 heterocycles. The van der Waals surface area contributed by atoms with E-state index >= 15 is 0 Å². The van der Waals surface area contributed by atoms with Crippen molar-refractivity contribution in [1.82, 2.24) is 15.6 Å². The summed E-state index contributed by atoms with van der Waals surface area (Å²) >= 11 is 0.881. The van der Waals surface area contributed by atoms with E-state index in [1.807, 2.05) is 48.5 Å². The Labute approximate surface area is 244 Å². The van der Waals surface area contributed by atoms with Crippen molar-refractivity contribution in [2.24, 2.45) is 0 Å². The van der Waals surface area contributed by atoms with Crippen molar-refractivity contribution in [2.75, 3.05) is 12.8 Å². The maximum Gasteiger partial charge on any atom is 0.262 e. The van der Waals surface area contributed by atoms with Gasteiger partial charge in [-0.25, -0.2) is 8.42 Å². The zero-order valence-corrected chi connectivity index (χ0v) is 24.9. The Morgan fingerprint density at radius 1 is 0.927 bits per heavy atom. The number of carbonyl (C=O) groups excluding carboxylic acids is 3. The van der Waals surface area contributed by atoms with Crippen LogP contribution in [0, 0.1) is 0 Å². The van der Waals surface area contributed by atoms with Crippen LogP contribution in [0.15, 0.2) is 70.9 Å². The summed E-state index contributed by atoms with van der Waals surface area (Å²) in [6.07, 6.45) is 4.71. The lowest BCUT2D eigenvalue weighted by molar-refractivity contribution is -0.123. The molecular weight excluding hydrogens is 558 g/mol. The van der Waals surface area contributed by atoms with Gasteiger partial charge in [0.25, 0.3) is 5.91 Å². The monoisotopic (exact) mass is 593 g/mol. The van der Waals surface area contributed by atoms with Gasteiger partial charge < -0.3 is 20.4 Å². The van der Waals surface area contributed by atoms with E-state index in [2.05, 4.69) is 21.7 Å². The van der Waals surface area contributed by atoms with E-state index < -0.39 is 21.8 Å². The van der Waals surface area contributed by atoms with Gasteiger partial charge in [-0.15, -0.1) is 11.3 Å². The highest BCUT2D eigenvalue weighted by atomic mass is 32.2. The molecule has 216 valence electrons. The van der Waals surface area contributed by atoms with Gasteiger partial charge in [0.1, 0.15) is 16.0 Å². The van der Waals surface area contributed by atoms with Gasteiger partial charge in [-0.2, -0.15) is 0 Å². The predicted molar refractivity (Wildman–Crippen MR) is 163 cm³/mol. The summed E-state index contributed by atoms with van der Waals surface area (Å²) in [6, 6.07) is 20.2. The predicted octanol–water partition coefficient (Wildman–Crippen LogP) is 5.30. The molecule has 2 aromatic carbocycles. The first kappa shape index (κ1) is 30.2. The summed E-state index contributed by atoms with van der Waals surface area (Å²) in [5.74, 6) is -0.665. The zero-order chi connectivity index (χ0) is 29.4. The number of hydrogen-bond acceptors (Lipinski definition) is 6. The van der Waals surface area contributed by atoms with Gasteiger partial charge in [0.15, 0.2) is 9.84 Å². The number of thiophene rings is 1. The minimum Gasteiger partial charge on any atom is -0.354 e. The molecule has 8 nitrogen and oxygen atoms in total. The van der Waals surface area contributed by atoms with Crippen molar-refractivity contribution in [3.63, 3.8) is 0 Å². The molecule has 41 heavy (non-hydrogen) atoms. The molecule has 0 bridgehead atoms. The Balaban J connectivity index is 1.45. The second kappa shape index (κ2) is 13.7. The maximum atomic E-state index is 13.3. The van der Waals surface area contributed by atoms with Crippen LogP contribution in [-0.2, 0) is 25.8 Å². The lowest BCUT2D eigenvalue weighted by Gasteiger charge is -2.18. The van der Waals surface area contributed by atoms with Crippen LogP contribution in [0.5, 0.6) is 0 Å². The van der Waals surface area contributed by atoms with Crippen LogP contribution in [-0.4, -0.2) is 49.8 Å². The van der Waals surface area contributed by atoms with Gasteiger partial charge in [0.05, 0.1) is 4.88 Å². The fraction of sp³-hybridized carbons (Fsp3) is 0.323. The number of H-pyrrole nitrogens is 1. The number of para-hydroxylation sites is 1. The summed E-state index contributed by atoms with van der Waals surface area (Å²) < 4.78 is 23.8. The maximum absolute atomic E-state index is 13.3. The molecule has 1 atom stereocenters. The number of nitrogens with one attached hydrogen (secondary N) is 3. The largest absolute Gasteiger partial charge is 0.354 e. The highest BCUT2D eigenvalue weighted by Gasteiger charge is 2.23. The molecule has 4 rings (SSSR count). The molecule has 4 aromatic rings. The number of Topliss-reactive ketones (excluding diaryl/α,β-unsaturated/α-hetero) is 1. The normalized spacial score (nSPS) is 12.2. The van der Waals surface area contributed by atoms with Crippen LogP contribution in [0.2, 0.25) is 0 Å². The number of aromatic nitrogens is 1. The topological polar surface area (TPSA) is 125 Å². The molecule has 0 aliphatic heterocycles. The fourth-order valence-corrected chi connectivity index (χ4v) is 6.61. The highest BCUT2D eigenvalue weighted by molar-refractivity contribution is 7.92. The molecule has 3 N–H and O–H groups in total. The van der Waals surface area contributed by atoms with Crippen molar-refractivity contribution < 1.29 is 22.8 Å². The van der Waals surface area contributed by atoms with Crippen molar-refractivity contribution >= 4 is 49.7 Å².